The molecule has 0 bridgehead atoms. The zero-order valence-corrected chi connectivity index (χ0v) is 14.8. The van der Waals surface area contributed by atoms with E-state index < -0.39 is 23.4 Å². The maximum Gasteiger partial charge on any atom is 0.340 e. The third-order valence-electron chi connectivity index (χ3n) is 4.01. The first kappa shape index (κ1) is 18.7. The van der Waals surface area contributed by atoms with E-state index in [0.717, 1.165) is 11.6 Å². The summed E-state index contributed by atoms with van der Waals surface area (Å²) < 4.78 is 10.5. The van der Waals surface area contributed by atoms with Gasteiger partial charge >= 0.3 is 5.97 Å². The van der Waals surface area contributed by atoms with Crippen molar-refractivity contribution in [1.82, 2.24) is 5.32 Å². The van der Waals surface area contributed by atoms with Crippen LogP contribution in [0.3, 0.4) is 0 Å². The Labute approximate surface area is 159 Å². The predicted octanol–water partition coefficient (Wildman–Crippen LogP) is 3.05. The molecule has 140 valence electrons. The fourth-order valence-electron chi connectivity index (χ4n) is 2.72. The fraction of sp³-hybridized carbons (Fsp3) is 0.222. The van der Waals surface area contributed by atoms with E-state index in [0.29, 0.717) is 18.8 Å². The number of carbonyl (C=O) groups is 2. The van der Waals surface area contributed by atoms with Crippen LogP contribution in [-0.4, -0.2) is 30.0 Å². The molecule has 1 N–H and O–H groups in total. The van der Waals surface area contributed by atoms with Gasteiger partial charge in [0.05, 0.1) is 28.2 Å². The normalized spacial score (nSPS) is 15.2. The molecule has 1 aliphatic rings. The highest BCUT2D eigenvalue weighted by molar-refractivity contribution is 6.33. The maximum absolute atomic E-state index is 12.1. The molecule has 0 saturated heterocycles. The predicted molar refractivity (Wildman–Crippen MR) is 95.8 cm³/mol. The van der Waals surface area contributed by atoms with Gasteiger partial charge in [0, 0.05) is 24.1 Å². The average Bonchev–Trinajstić information content (AvgIpc) is 2.66. The van der Waals surface area contributed by atoms with Crippen LogP contribution in [0.2, 0.25) is 5.02 Å². The van der Waals surface area contributed by atoms with Gasteiger partial charge in [-0.1, -0.05) is 29.8 Å². The van der Waals surface area contributed by atoms with E-state index in [2.05, 4.69) is 5.32 Å². The van der Waals surface area contributed by atoms with E-state index in [1.807, 2.05) is 24.3 Å². The number of nitrogens with one attached hydrogen (secondary N) is 1. The molecule has 1 unspecified atom stereocenters. The molecule has 27 heavy (non-hydrogen) atoms. The van der Waals surface area contributed by atoms with E-state index in [1.54, 1.807) is 0 Å². The Balaban J connectivity index is 1.61. The summed E-state index contributed by atoms with van der Waals surface area (Å²) in [5, 5.41) is 13.6. The molecule has 8 nitrogen and oxygen atoms in total. The van der Waals surface area contributed by atoms with Gasteiger partial charge in [-0.25, -0.2) is 4.79 Å². The fourth-order valence-corrected chi connectivity index (χ4v) is 2.91. The first-order valence-corrected chi connectivity index (χ1v) is 8.45. The summed E-state index contributed by atoms with van der Waals surface area (Å²) in [6.45, 7) is -0.0670. The number of hydrogen-bond donors (Lipinski definition) is 1. The zero-order chi connectivity index (χ0) is 19.4. The van der Waals surface area contributed by atoms with Gasteiger partial charge in [-0.05, 0) is 12.1 Å². The van der Waals surface area contributed by atoms with E-state index in [9.17, 15) is 19.7 Å². The molecule has 1 heterocycles. The van der Waals surface area contributed by atoms with Crippen LogP contribution in [0.25, 0.3) is 0 Å². The van der Waals surface area contributed by atoms with Crippen molar-refractivity contribution in [2.45, 2.75) is 12.5 Å². The Morgan fingerprint density at radius 1 is 1.30 bits per heavy atom. The molecule has 2 aromatic rings. The molecule has 0 saturated carbocycles. The first-order chi connectivity index (χ1) is 13.0. The van der Waals surface area contributed by atoms with Gasteiger partial charge in [0.25, 0.3) is 11.6 Å². The first-order valence-electron chi connectivity index (χ1n) is 8.08. The van der Waals surface area contributed by atoms with Crippen molar-refractivity contribution in [2.75, 3.05) is 13.2 Å². The molecule has 0 aliphatic carbocycles. The molecule has 0 fully saturated rings. The van der Waals surface area contributed by atoms with Crippen LogP contribution in [0.5, 0.6) is 5.75 Å². The quantitative estimate of drug-likeness (QED) is 0.477. The zero-order valence-electron chi connectivity index (χ0n) is 14.0. The van der Waals surface area contributed by atoms with Crippen LogP contribution in [-0.2, 0) is 9.53 Å². The third-order valence-corrected chi connectivity index (χ3v) is 4.34. The number of carbonyl (C=O) groups excluding carboxylic acids is 2. The lowest BCUT2D eigenvalue weighted by atomic mass is 10.0. The number of rotatable bonds is 5. The van der Waals surface area contributed by atoms with Gasteiger partial charge in [-0.2, -0.15) is 0 Å². The molecular formula is C18H15ClN2O6. The van der Waals surface area contributed by atoms with Crippen LogP contribution in [0.1, 0.15) is 28.4 Å². The van der Waals surface area contributed by atoms with Crippen molar-refractivity contribution in [3.63, 3.8) is 0 Å². The number of hydrogen-bond acceptors (Lipinski definition) is 6. The molecule has 1 amide bonds. The van der Waals surface area contributed by atoms with E-state index in [1.165, 1.54) is 12.1 Å². The Hall–Kier alpha value is -3.13. The summed E-state index contributed by atoms with van der Waals surface area (Å²) in [5.74, 6) is -0.702. The minimum atomic E-state index is -0.911. The summed E-state index contributed by atoms with van der Waals surface area (Å²) in [5.41, 5.74) is 0.384. The topological polar surface area (TPSA) is 108 Å². The molecule has 1 atom stereocenters. The van der Waals surface area contributed by atoms with Crippen molar-refractivity contribution < 1.29 is 24.0 Å². The van der Waals surface area contributed by atoms with Crippen LogP contribution in [0.15, 0.2) is 42.5 Å². The van der Waals surface area contributed by atoms with Crippen molar-refractivity contribution in [1.29, 1.82) is 0 Å². The van der Waals surface area contributed by atoms with Crippen molar-refractivity contribution in [2.24, 2.45) is 0 Å². The van der Waals surface area contributed by atoms with Crippen LogP contribution >= 0.6 is 11.6 Å². The van der Waals surface area contributed by atoms with Gasteiger partial charge in [0.15, 0.2) is 6.61 Å². The summed E-state index contributed by atoms with van der Waals surface area (Å²) in [6.07, 6.45) is 0.591. The number of benzene rings is 2. The van der Waals surface area contributed by atoms with E-state index >= 15 is 0 Å². The van der Waals surface area contributed by atoms with Gasteiger partial charge in [-0.15, -0.1) is 0 Å². The Morgan fingerprint density at radius 2 is 2.07 bits per heavy atom. The monoisotopic (exact) mass is 390 g/mol. The second kappa shape index (κ2) is 8.05. The number of amides is 1. The molecule has 1 aliphatic heterocycles. The van der Waals surface area contributed by atoms with Gasteiger partial charge in [0.1, 0.15) is 5.75 Å². The molecule has 2 aromatic carbocycles. The summed E-state index contributed by atoms with van der Waals surface area (Å²) in [6, 6.07) is 10.5. The van der Waals surface area contributed by atoms with Crippen LogP contribution in [0, 0.1) is 10.1 Å². The molecule has 3 rings (SSSR count). The smallest absolute Gasteiger partial charge is 0.340 e. The highest BCUT2D eigenvalue weighted by Crippen LogP contribution is 2.31. The SMILES string of the molecule is O=C(COC(=O)c1cc([N+](=O)[O-])ccc1Cl)NC1CCOc2ccccc21. The van der Waals surface area contributed by atoms with Crippen LogP contribution < -0.4 is 10.1 Å². The number of esters is 1. The second-order valence-corrected chi connectivity index (χ2v) is 6.20. The summed E-state index contributed by atoms with van der Waals surface area (Å²) in [7, 11) is 0. The summed E-state index contributed by atoms with van der Waals surface area (Å²) in [4.78, 5) is 34.4. The number of nitro benzene ring substituents is 1. The highest BCUT2D eigenvalue weighted by Gasteiger charge is 2.23. The lowest BCUT2D eigenvalue weighted by Gasteiger charge is -2.26. The number of ether oxygens (including phenoxy) is 2. The molecule has 0 spiro atoms. The van der Waals surface area contributed by atoms with Crippen molar-refractivity contribution >= 4 is 29.2 Å². The molecule has 0 radical (unpaired) electrons. The van der Waals surface area contributed by atoms with Crippen LogP contribution in [0.4, 0.5) is 5.69 Å². The number of halogens is 1. The minimum Gasteiger partial charge on any atom is -0.493 e. The Morgan fingerprint density at radius 3 is 2.85 bits per heavy atom. The Kier molecular flexibility index (Phi) is 5.56. The lowest BCUT2D eigenvalue weighted by Crippen LogP contribution is -2.35. The number of para-hydroxylation sites is 1. The van der Waals surface area contributed by atoms with E-state index in [4.69, 9.17) is 21.1 Å². The van der Waals surface area contributed by atoms with Crippen molar-refractivity contribution in [3.05, 3.63) is 68.7 Å². The maximum atomic E-state index is 12.1. The summed E-state index contributed by atoms with van der Waals surface area (Å²) >= 11 is 5.89. The number of nitro groups is 1. The number of fused-ring (bicyclic) bond motifs is 1. The molecule has 0 aromatic heterocycles. The van der Waals surface area contributed by atoms with Gasteiger partial charge in [-0.3, -0.25) is 14.9 Å². The Bertz CT molecular complexity index is 901. The highest BCUT2D eigenvalue weighted by atomic mass is 35.5. The standard InChI is InChI=1S/C18H15ClN2O6/c19-14-6-5-11(21(24)25)9-13(14)18(23)27-10-17(22)20-15-7-8-26-16-4-2-1-3-12(15)16/h1-6,9,15H,7-8,10H2,(H,20,22). The second-order valence-electron chi connectivity index (χ2n) is 5.79. The molecule has 9 heteroatoms. The molecular weight excluding hydrogens is 376 g/mol. The van der Waals surface area contributed by atoms with E-state index in [-0.39, 0.29) is 22.3 Å². The van der Waals surface area contributed by atoms with Gasteiger partial charge < -0.3 is 14.8 Å². The van der Waals surface area contributed by atoms with Crippen molar-refractivity contribution in [3.8, 4) is 5.75 Å². The number of nitrogens with zero attached hydrogens (tertiary/aromatic N) is 1. The average molecular weight is 391 g/mol. The lowest BCUT2D eigenvalue weighted by molar-refractivity contribution is -0.384. The number of non-ortho nitro benzene ring substituents is 1. The van der Waals surface area contributed by atoms with Gasteiger partial charge in [0.2, 0.25) is 0 Å². The third kappa shape index (κ3) is 4.35. The minimum absolute atomic E-state index is 0.00404. The largest absolute Gasteiger partial charge is 0.493 e.